The van der Waals surface area contributed by atoms with Gasteiger partial charge in [-0.25, -0.2) is 15.0 Å². The fourth-order valence-electron chi connectivity index (χ4n) is 2.56. The number of hydrogen-bond donors (Lipinski definition) is 2. The quantitative estimate of drug-likeness (QED) is 0.642. The molecule has 1 saturated heterocycles. The zero-order valence-electron chi connectivity index (χ0n) is 15.1. The van der Waals surface area contributed by atoms with Crippen molar-refractivity contribution in [1.29, 1.82) is 0 Å². The van der Waals surface area contributed by atoms with Crippen molar-refractivity contribution in [3.63, 3.8) is 0 Å². The van der Waals surface area contributed by atoms with Crippen molar-refractivity contribution in [3.05, 3.63) is 17.3 Å². The number of nitrogens with one attached hydrogen (secondary N) is 2. The summed E-state index contributed by atoms with van der Waals surface area (Å²) in [5, 5.41) is 8.66. The number of ether oxygens (including phenoxy) is 1. The lowest BCUT2D eigenvalue weighted by atomic mass is 9.97. The van der Waals surface area contributed by atoms with Crippen LogP contribution in [0.4, 0.5) is 5.82 Å². The summed E-state index contributed by atoms with van der Waals surface area (Å²) in [4.78, 5) is 12.9. The monoisotopic (exact) mass is 349 g/mol. The molecule has 1 aliphatic rings. The third-order valence-electron chi connectivity index (χ3n) is 3.98. The van der Waals surface area contributed by atoms with Crippen molar-refractivity contribution in [3.8, 4) is 0 Å². The highest BCUT2D eigenvalue weighted by Gasteiger charge is 2.24. The fourth-order valence-corrected chi connectivity index (χ4v) is 3.51. The highest BCUT2D eigenvalue weighted by atomic mass is 32.1. The van der Waals surface area contributed by atoms with Gasteiger partial charge in [-0.2, -0.15) is 0 Å². The number of piperidine rings is 1. The highest BCUT2D eigenvalue weighted by molar-refractivity contribution is 7.18. The molecule has 24 heavy (non-hydrogen) atoms. The summed E-state index contributed by atoms with van der Waals surface area (Å²) in [6, 6.07) is 0.506. The molecule has 0 bridgehead atoms. The van der Waals surface area contributed by atoms with E-state index < -0.39 is 0 Å². The van der Waals surface area contributed by atoms with Crippen LogP contribution in [0.5, 0.6) is 0 Å². The molecule has 1 aliphatic heterocycles. The summed E-state index contributed by atoms with van der Waals surface area (Å²) in [6.45, 7) is 10.2. The lowest BCUT2D eigenvalue weighted by Gasteiger charge is -2.30. The molecule has 132 valence electrons. The Morgan fingerprint density at radius 3 is 2.92 bits per heavy atom. The lowest BCUT2D eigenvalue weighted by Crippen LogP contribution is -2.43. The summed E-state index contributed by atoms with van der Waals surface area (Å²) in [6.07, 6.45) is 2.81. The molecule has 2 N–H and O–H groups in total. The van der Waals surface area contributed by atoms with Gasteiger partial charge in [0.15, 0.2) is 5.82 Å². The van der Waals surface area contributed by atoms with Crippen LogP contribution in [0.1, 0.15) is 32.8 Å². The Balaban J connectivity index is 0.00000100. The van der Waals surface area contributed by atoms with E-state index in [1.165, 1.54) is 0 Å². The lowest BCUT2D eigenvalue weighted by molar-refractivity contribution is 0.103. The van der Waals surface area contributed by atoms with Gasteiger partial charge in [0.05, 0.1) is 10.2 Å². The standard InChI is InChI=1S/C15H21N5OS.C2H6/c1-9-4-5-17-6-11(9)21-15(16-3)20-14-13-12(18-8-19-14)10(2)7-22-13;1-2/h7-9,11,17H,4-6H2,1-3H3,(H,16,18,19,20);1-2H3. The molecule has 0 aliphatic carbocycles. The molecule has 2 unspecified atom stereocenters. The molecule has 3 rings (SSSR count). The molecule has 0 radical (unpaired) electrons. The van der Waals surface area contributed by atoms with Crippen molar-refractivity contribution in [2.24, 2.45) is 10.9 Å². The number of fused-ring (bicyclic) bond motifs is 1. The van der Waals surface area contributed by atoms with E-state index in [2.05, 4.69) is 44.8 Å². The first-order valence-electron chi connectivity index (χ1n) is 8.49. The number of rotatable bonds is 2. The van der Waals surface area contributed by atoms with Gasteiger partial charge in [0.1, 0.15) is 12.4 Å². The largest absolute Gasteiger partial charge is 0.460 e. The van der Waals surface area contributed by atoms with E-state index in [0.29, 0.717) is 11.9 Å². The van der Waals surface area contributed by atoms with Crippen LogP contribution in [0, 0.1) is 12.8 Å². The molecule has 0 saturated carbocycles. The van der Waals surface area contributed by atoms with Crippen molar-refractivity contribution >= 4 is 33.4 Å². The zero-order chi connectivity index (χ0) is 17.5. The van der Waals surface area contributed by atoms with Crippen LogP contribution in [0.3, 0.4) is 0 Å². The third kappa shape index (κ3) is 4.21. The molecule has 0 aromatic carbocycles. The summed E-state index contributed by atoms with van der Waals surface area (Å²) in [5.74, 6) is 1.26. The van der Waals surface area contributed by atoms with Crippen molar-refractivity contribution in [1.82, 2.24) is 15.3 Å². The Kier molecular flexibility index (Phi) is 6.93. The minimum absolute atomic E-state index is 0.127. The van der Waals surface area contributed by atoms with Crippen molar-refractivity contribution in [2.45, 2.75) is 40.2 Å². The topological polar surface area (TPSA) is 71.4 Å². The van der Waals surface area contributed by atoms with Gasteiger partial charge in [0, 0.05) is 13.6 Å². The van der Waals surface area contributed by atoms with Gasteiger partial charge in [-0.15, -0.1) is 11.3 Å². The van der Waals surface area contributed by atoms with E-state index in [1.54, 1.807) is 24.7 Å². The smallest absolute Gasteiger partial charge is 0.290 e. The molecule has 2 atom stereocenters. The Morgan fingerprint density at radius 1 is 1.42 bits per heavy atom. The van der Waals surface area contributed by atoms with Crippen molar-refractivity contribution < 1.29 is 4.74 Å². The number of hydrogen-bond acceptors (Lipinski definition) is 6. The molecule has 2 aromatic rings. The van der Waals surface area contributed by atoms with Gasteiger partial charge >= 0.3 is 0 Å². The number of nitrogens with zero attached hydrogens (tertiary/aromatic N) is 3. The number of aryl methyl sites for hydroxylation is 1. The van der Waals surface area contributed by atoms with Crippen LogP contribution in [-0.4, -0.2) is 42.2 Å². The fraction of sp³-hybridized carbons (Fsp3) is 0.588. The first kappa shape index (κ1) is 18.6. The average molecular weight is 350 g/mol. The zero-order valence-corrected chi connectivity index (χ0v) is 15.9. The molecular formula is C17H27N5OS. The molecule has 6 nitrogen and oxygen atoms in total. The van der Waals surface area contributed by atoms with E-state index in [9.17, 15) is 0 Å². The Labute approximate surface area is 147 Å². The summed E-state index contributed by atoms with van der Waals surface area (Å²) in [5.41, 5.74) is 2.14. The number of anilines is 1. The van der Waals surface area contributed by atoms with E-state index in [0.717, 1.165) is 41.1 Å². The number of amidine groups is 1. The summed E-state index contributed by atoms with van der Waals surface area (Å²) in [7, 11) is 1.72. The highest BCUT2D eigenvalue weighted by Crippen LogP contribution is 2.28. The second-order valence-corrected chi connectivity index (χ2v) is 6.48. The SMILES string of the molecule is CC.CN=C(Nc1ncnc2c(C)csc12)OC1CNCCC1C. The van der Waals surface area contributed by atoms with Gasteiger partial charge in [-0.05, 0) is 36.8 Å². The van der Waals surface area contributed by atoms with E-state index in [1.807, 2.05) is 13.8 Å². The minimum atomic E-state index is 0.127. The molecule has 3 heterocycles. The molecule has 1 fully saturated rings. The predicted molar refractivity (Wildman–Crippen MR) is 102 cm³/mol. The Morgan fingerprint density at radius 2 is 2.21 bits per heavy atom. The molecule has 0 amide bonds. The van der Waals surface area contributed by atoms with Crippen LogP contribution in [0.2, 0.25) is 0 Å². The first-order valence-corrected chi connectivity index (χ1v) is 9.37. The van der Waals surface area contributed by atoms with Crippen LogP contribution in [0.25, 0.3) is 10.2 Å². The second kappa shape index (κ2) is 8.94. The van der Waals surface area contributed by atoms with Crippen LogP contribution in [0.15, 0.2) is 16.7 Å². The van der Waals surface area contributed by atoms with Gasteiger partial charge in [-0.3, -0.25) is 5.32 Å². The maximum atomic E-state index is 6.03. The van der Waals surface area contributed by atoms with Crippen LogP contribution >= 0.6 is 11.3 Å². The maximum Gasteiger partial charge on any atom is 0.290 e. The van der Waals surface area contributed by atoms with Gasteiger partial charge in [0.2, 0.25) is 0 Å². The van der Waals surface area contributed by atoms with Crippen molar-refractivity contribution in [2.75, 3.05) is 25.5 Å². The van der Waals surface area contributed by atoms with E-state index in [-0.39, 0.29) is 6.10 Å². The summed E-state index contributed by atoms with van der Waals surface area (Å²) < 4.78 is 7.06. The number of aliphatic imine (C=N–C) groups is 1. The summed E-state index contributed by atoms with van der Waals surface area (Å²) >= 11 is 1.63. The van der Waals surface area contributed by atoms with E-state index in [4.69, 9.17) is 4.74 Å². The average Bonchev–Trinajstić information content (AvgIpc) is 3.00. The molecule has 7 heteroatoms. The molecule has 2 aromatic heterocycles. The molecule has 0 spiro atoms. The Bertz CT molecular complexity index is 685. The maximum absolute atomic E-state index is 6.03. The minimum Gasteiger partial charge on any atom is -0.460 e. The molecular weight excluding hydrogens is 322 g/mol. The Hall–Kier alpha value is -1.73. The number of thiophene rings is 1. The van der Waals surface area contributed by atoms with Crippen LogP contribution < -0.4 is 10.6 Å². The normalized spacial score (nSPS) is 21.1. The first-order chi connectivity index (χ1) is 11.7. The predicted octanol–water partition coefficient (Wildman–Crippen LogP) is 3.44. The van der Waals surface area contributed by atoms with Gasteiger partial charge in [0.25, 0.3) is 6.02 Å². The van der Waals surface area contributed by atoms with Gasteiger partial charge < -0.3 is 10.1 Å². The van der Waals surface area contributed by atoms with E-state index >= 15 is 0 Å². The third-order valence-corrected chi connectivity index (χ3v) is 5.07. The number of aromatic nitrogens is 2. The van der Waals surface area contributed by atoms with Crippen LogP contribution in [-0.2, 0) is 4.74 Å². The van der Waals surface area contributed by atoms with Gasteiger partial charge in [-0.1, -0.05) is 20.8 Å². The second-order valence-electron chi connectivity index (χ2n) is 5.60.